The molecule has 0 saturated carbocycles. The average Bonchev–Trinajstić information content (AvgIpc) is 2.54. The largest absolute Gasteiger partial charge is 0.497 e. The third-order valence-electron chi connectivity index (χ3n) is 3.87. The zero-order valence-corrected chi connectivity index (χ0v) is 14.4. The van der Waals surface area contributed by atoms with E-state index in [0.29, 0.717) is 37.1 Å². The van der Waals surface area contributed by atoms with Crippen LogP contribution in [0.3, 0.4) is 0 Å². The van der Waals surface area contributed by atoms with Crippen molar-refractivity contribution in [3.8, 4) is 5.75 Å². The van der Waals surface area contributed by atoms with Crippen molar-refractivity contribution in [1.82, 2.24) is 5.32 Å². The molecule has 1 rings (SSSR count). The molecule has 24 heavy (non-hydrogen) atoms. The standard InChI is InChI=1S/C18H25NO5/c1-18(2,17(22)23)11-12-19-16(21)6-4-5-15(20)13-7-9-14(24-3)10-8-13/h7-10H,4-6,11-12H2,1-3H3,(H,19,21)(H,22,23). The first-order valence-corrected chi connectivity index (χ1v) is 7.93. The predicted molar refractivity (Wildman–Crippen MR) is 90.2 cm³/mol. The van der Waals surface area contributed by atoms with Crippen LogP contribution >= 0.6 is 0 Å². The summed E-state index contributed by atoms with van der Waals surface area (Å²) < 4.78 is 5.04. The minimum absolute atomic E-state index is 0.0162. The fourth-order valence-corrected chi connectivity index (χ4v) is 2.04. The lowest BCUT2D eigenvalue weighted by Gasteiger charge is -2.18. The Morgan fingerprint density at radius 2 is 1.75 bits per heavy atom. The molecule has 0 aliphatic carbocycles. The zero-order valence-electron chi connectivity index (χ0n) is 14.4. The van der Waals surface area contributed by atoms with E-state index in [9.17, 15) is 14.4 Å². The molecule has 0 saturated heterocycles. The molecular weight excluding hydrogens is 310 g/mol. The molecule has 0 aliphatic heterocycles. The van der Waals surface area contributed by atoms with Crippen LogP contribution in [0.4, 0.5) is 0 Å². The molecule has 0 fully saturated rings. The fourth-order valence-electron chi connectivity index (χ4n) is 2.04. The third-order valence-corrected chi connectivity index (χ3v) is 3.87. The lowest BCUT2D eigenvalue weighted by molar-refractivity contribution is -0.147. The molecule has 0 aromatic heterocycles. The molecule has 1 aromatic rings. The highest BCUT2D eigenvalue weighted by atomic mass is 16.5. The predicted octanol–water partition coefficient (Wildman–Crippen LogP) is 2.67. The van der Waals surface area contributed by atoms with E-state index in [1.54, 1.807) is 45.2 Å². The van der Waals surface area contributed by atoms with Gasteiger partial charge in [0, 0.05) is 24.9 Å². The van der Waals surface area contributed by atoms with Gasteiger partial charge < -0.3 is 15.2 Å². The number of carbonyl (C=O) groups excluding carboxylic acids is 2. The number of aliphatic carboxylic acids is 1. The van der Waals surface area contributed by atoms with Gasteiger partial charge in [-0.1, -0.05) is 0 Å². The zero-order chi connectivity index (χ0) is 18.2. The van der Waals surface area contributed by atoms with Crippen molar-refractivity contribution in [3.05, 3.63) is 29.8 Å². The molecule has 0 unspecified atom stereocenters. The number of benzene rings is 1. The molecule has 1 aromatic carbocycles. The second-order valence-electron chi connectivity index (χ2n) is 6.29. The van der Waals surface area contributed by atoms with Gasteiger partial charge in [-0.05, 0) is 51.0 Å². The normalized spacial score (nSPS) is 11.0. The van der Waals surface area contributed by atoms with E-state index >= 15 is 0 Å². The molecule has 1 amide bonds. The number of hydrogen-bond donors (Lipinski definition) is 2. The van der Waals surface area contributed by atoms with Crippen LogP contribution in [0.1, 0.15) is 49.9 Å². The Kier molecular flexibility index (Phi) is 7.42. The number of amides is 1. The summed E-state index contributed by atoms with van der Waals surface area (Å²) in [7, 11) is 1.56. The summed E-state index contributed by atoms with van der Waals surface area (Å²) in [5.41, 5.74) is -0.267. The van der Waals surface area contributed by atoms with Crippen molar-refractivity contribution < 1.29 is 24.2 Å². The van der Waals surface area contributed by atoms with Crippen molar-refractivity contribution in [2.75, 3.05) is 13.7 Å². The summed E-state index contributed by atoms with van der Waals surface area (Å²) in [6.07, 6.45) is 1.35. The Morgan fingerprint density at radius 1 is 1.12 bits per heavy atom. The molecule has 0 spiro atoms. The quantitative estimate of drug-likeness (QED) is 0.641. The Bertz CT molecular complexity index is 578. The first-order chi connectivity index (χ1) is 11.3. The monoisotopic (exact) mass is 335 g/mol. The molecule has 0 atom stereocenters. The summed E-state index contributed by atoms with van der Waals surface area (Å²) in [4.78, 5) is 34.7. The van der Waals surface area contributed by atoms with Gasteiger partial charge in [0.2, 0.25) is 5.91 Å². The SMILES string of the molecule is COc1ccc(C(=O)CCCC(=O)NCCC(C)(C)C(=O)O)cc1. The maximum absolute atomic E-state index is 12.0. The molecule has 0 bridgehead atoms. The number of ether oxygens (including phenoxy) is 1. The number of methoxy groups -OCH3 is 1. The Labute approximate surface area is 142 Å². The van der Waals surface area contributed by atoms with E-state index in [4.69, 9.17) is 9.84 Å². The summed E-state index contributed by atoms with van der Waals surface area (Å²) in [6.45, 7) is 3.55. The van der Waals surface area contributed by atoms with E-state index in [2.05, 4.69) is 5.32 Å². The number of hydrogen-bond acceptors (Lipinski definition) is 4. The van der Waals surface area contributed by atoms with Gasteiger partial charge in [-0.25, -0.2) is 0 Å². The second kappa shape index (κ2) is 9.05. The van der Waals surface area contributed by atoms with E-state index in [0.717, 1.165) is 0 Å². The van der Waals surface area contributed by atoms with Crippen molar-refractivity contribution in [2.24, 2.45) is 5.41 Å². The molecule has 0 radical (unpaired) electrons. The highest BCUT2D eigenvalue weighted by Crippen LogP contribution is 2.19. The minimum atomic E-state index is -0.887. The van der Waals surface area contributed by atoms with Crippen LogP contribution in [0.2, 0.25) is 0 Å². The van der Waals surface area contributed by atoms with Crippen LogP contribution in [0.15, 0.2) is 24.3 Å². The highest BCUT2D eigenvalue weighted by Gasteiger charge is 2.26. The van der Waals surface area contributed by atoms with Gasteiger partial charge in [0.25, 0.3) is 0 Å². The Morgan fingerprint density at radius 3 is 2.29 bits per heavy atom. The molecule has 132 valence electrons. The summed E-state index contributed by atoms with van der Waals surface area (Å²) in [5, 5.41) is 11.7. The topological polar surface area (TPSA) is 92.7 Å². The van der Waals surface area contributed by atoms with Gasteiger partial charge in [-0.3, -0.25) is 14.4 Å². The van der Waals surface area contributed by atoms with Crippen LogP contribution in [0, 0.1) is 5.41 Å². The molecule has 0 heterocycles. The summed E-state index contributed by atoms with van der Waals surface area (Å²) in [6, 6.07) is 6.86. The van der Waals surface area contributed by atoms with Crippen molar-refractivity contribution in [1.29, 1.82) is 0 Å². The Hall–Kier alpha value is -2.37. The number of carbonyl (C=O) groups is 3. The van der Waals surface area contributed by atoms with Gasteiger partial charge in [-0.15, -0.1) is 0 Å². The van der Waals surface area contributed by atoms with Crippen LogP contribution in [0.25, 0.3) is 0 Å². The number of rotatable bonds is 10. The fraction of sp³-hybridized carbons (Fsp3) is 0.500. The number of nitrogens with one attached hydrogen (secondary N) is 1. The number of carboxylic acids is 1. The lowest BCUT2D eigenvalue weighted by Crippen LogP contribution is -2.31. The number of ketones is 1. The van der Waals surface area contributed by atoms with E-state index in [-0.39, 0.29) is 18.1 Å². The van der Waals surface area contributed by atoms with E-state index in [1.807, 2.05) is 0 Å². The van der Waals surface area contributed by atoms with Crippen LogP contribution in [-0.2, 0) is 9.59 Å². The smallest absolute Gasteiger partial charge is 0.309 e. The van der Waals surface area contributed by atoms with Gasteiger partial charge in [0.15, 0.2) is 5.78 Å². The number of Topliss-reactive ketones (excluding diaryl/α,β-unsaturated/α-hetero) is 1. The maximum Gasteiger partial charge on any atom is 0.309 e. The highest BCUT2D eigenvalue weighted by molar-refractivity contribution is 5.96. The summed E-state index contributed by atoms with van der Waals surface area (Å²) in [5.74, 6) is -0.381. The van der Waals surface area contributed by atoms with Crippen LogP contribution < -0.4 is 10.1 Å². The number of carboxylic acid groups (broad SMARTS) is 1. The third kappa shape index (κ3) is 6.40. The maximum atomic E-state index is 12.0. The first kappa shape index (κ1) is 19.7. The average molecular weight is 335 g/mol. The van der Waals surface area contributed by atoms with Gasteiger partial charge in [-0.2, -0.15) is 0 Å². The second-order valence-corrected chi connectivity index (χ2v) is 6.29. The van der Waals surface area contributed by atoms with Gasteiger partial charge in [0.1, 0.15) is 5.75 Å². The first-order valence-electron chi connectivity index (χ1n) is 7.93. The molecule has 6 nitrogen and oxygen atoms in total. The van der Waals surface area contributed by atoms with Crippen molar-refractivity contribution in [2.45, 2.75) is 39.5 Å². The van der Waals surface area contributed by atoms with Crippen molar-refractivity contribution in [3.63, 3.8) is 0 Å². The van der Waals surface area contributed by atoms with Gasteiger partial charge in [0.05, 0.1) is 12.5 Å². The van der Waals surface area contributed by atoms with Crippen LogP contribution in [-0.4, -0.2) is 36.4 Å². The molecule has 2 N–H and O–H groups in total. The van der Waals surface area contributed by atoms with E-state index < -0.39 is 11.4 Å². The molecule has 0 aliphatic rings. The minimum Gasteiger partial charge on any atom is -0.497 e. The molecule has 6 heteroatoms. The lowest BCUT2D eigenvalue weighted by atomic mass is 9.90. The Balaban J connectivity index is 2.27. The van der Waals surface area contributed by atoms with Crippen LogP contribution in [0.5, 0.6) is 5.75 Å². The van der Waals surface area contributed by atoms with Gasteiger partial charge >= 0.3 is 5.97 Å². The summed E-state index contributed by atoms with van der Waals surface area (Å²) >= 11 is 0. The molecular formula is C18H25NO5. The van der Waals surface area contributed by atoms with E-state index in [1.165, 1.54) is 0 Å². The van der Waals surface area contributed by atoms with Crippen molar-refractivity contribution >= 4 is 17.7 Å².